The van der Waals surface area contributed by atoms with E-state index in [9.17, 15) is 0 Å². The summed E-state index contributed by atoms with van der Waals surface area (Å²) in [4.78, 5) is 2.51. The Bertz CT molecular complexity index is 143. The fraction of sp³-hybridized carbons (Fsp3) is 1.00. The van der Waals surface area contributed by atoms with Crippen LogP contribution in [0.2, 0.25) is 0 Å². The first-order chi connectivity index (χ1) is 6.19. The predicted molar refractivity (Wildman–Crippen MR) is 58.0 cm³/mol. The van der Waals surface area contributed by atoms with Gasteiger partial charge in [-0.25, -0.2) is 0 Å². The third-order valence-electron chi connectivity index (χ3n) is 3.36. The molecule has 0 aliphatic heterocycles. The Morgan fingerprint density at radius 1 is 1.46 bits per heavy atom. The van der Waals surface area contributed by atoms with Gasteiger partial charge in [0.25, 0.3) is 0 Å². The average molecular weight is 184 g/mol. The minimum Gasteiger partial charge on any atom is -0.315 e. The molecule has 1 N–H and O–H groups in total. The Labute approximate surface area is 82.7 Å². The summed E-state index contributed by atoms with van der Waals surface area (Å²) in [7, 11) is 4.34. The van der Waals surface area contributed by atoms with Gasteiger partial charge in [0.05, 0.1) is 0 Å². The first-order valence-electron chi connectivity index (χ1n) is 5.56. The Balaban J connectivity index is 2.28. The third-order valence-corrected chi connectivity index (χ3v) is 3.36. The van der Waals surface area contributed by atoms with Crippen molar-refractivity contribution >= 4 is 0 Å². The average Bonchev–Trinajstić information content (AvgIpc) is 2.95. The van der Waals surface area contributed by atoms with Crippen LogP contribution < -0.4 is 5.32 Å². The number of nitrogens with one attached hydrogen (secondary N) is 1. The highest BCUT2D eigenvalue weighted by molar-refractivity contribution is 4.85. The van der Waals surface area contributed by atoms with Crippen LogP contribution >= 0.6 is 0 Å². The highest BCUT2D eigenvalue weighted by Gasteiger charge is 2.28. The summed E-state index contributed by atoms with van der Waals surface area (Å²) in [5.74, 6) is 0.784. The molecule has 0 bridgehead atoms. The fourth-order valence-corrected chi connectivity index (χ4v) is 1.81. The molecule has 2 unspecified atom stereocenters. The van der Waals surface area contributed by atoms with E-state index in [0.717, 1.165) is 12.0 Å². The summed E-state index contributed by atoms with van der Waals surface area (Å²) >= 11 is 0. The van der Waals surface area contributed by atoms with Crippen molar-refractivity contribution < 1.29 is 0 Å². The first-order valence-corrected chi connectivity index (χ1v) is 5.56. The van der Waals surface area contributed by atoms with Gasteiger partial charge < -0.3 is 10.2 Å². The van der Waals surface area contributed by atoms with E-state index in [1.165, 1.54) is 25.8 Å². The van der Waals surface area contributed by atoms with E-state index in [1.54, 1.807) is 0 Å². The zero-order chi connectivity index (χ0) is 9.84. The highest BCUT2D eigenvalue weighted by atomic mass is 15.2. The van der Waals surface area contributed by atoms with Gasteiger partial charge in [0.2, 0.25) is 0 Å². The molecule has 1 aliphatic rings. The number of rotatable bonds is 6. The Kier molecular flexibility index (Phi) is 4.20. The van der Waals surface area contributed by atoms with E-state index in [-0.39, 0.29) is 0 Å². The zero-order valence-electron chi connectivity index (χ0n) is 9.51. The quantitative estimate of drug-likeness (QED) is 0.676. The van der Waals surface area contributed by atoms with Gasteiger partial charge in [-0.15, -0.1) is 0 Å². The van der Waals surface area contributed by atoms with Crippen molar-refractivity contribution in [3.05, 3.63) is 0 Å². The summed E-state index contributed by atoms with van der Waals surface area (Å²) < 4.78 is 0. The number of nitrogens with zero attached hydrogens (tertiary/aromatic N) is 1. The van der Waals surface area contributed by atoms with E-state index in [1.807, 2.05) is 0 Å². The van der Waals surface area contributed by atoms with Crippen LogP contribution in [0, 0.1) is 5.92 Å². The van der Waals surface area contributed by atoms with Crippen molar-refractivity contribution in [2.45, 2.75) is 45.2 Å². The van der Waals surface area contributed by atoms with Crippen LogP contribution in [-0.2, 0) is 0 Å². The molecule has 78 valence electrons. The number of hydrogen-bond donors (Lipinski definition) is 1. The molecule has 0 aromatic carbocycles. The molecule has 0 spiro atoms. The largest absolute Gasteiger partial charge is 0.315 e. The van der Waals surface area contributed by atoms with Crippen LogP contribution in [0.1, 0.15) is 33.1 Å². The molecule has 1 rings (SSSR count). The van der Waals surface area contributed by atoms with Crippen LogP contribution in [0.5, 0.6) is 0 Å². The van der Waals surface area contributed by atoms with Gasteiger partial charge in [-0.3, -0.25) is 0 Å². The maximum absolute atomic E-state index is 3.42. The number of hydrogen-bond acceptors (Lipinski definition) is 2. The first kappa shape index (κ1) is 11.0. The third kappa shape index (κ3) is 3.28. The molecule has 0 radical (unpaired) electrons. The summed E-state index contributed by atoms with van der Waals surface area (Å²) in [5, 5.41) is 3.42. The second kappa shape index (κ2) is 4.97. The lowest BCUT2D eigenvalue weighted by molar-refractivity contribution is 0.245. The molecule has 0 heterocycles. The molecular weight excluding hydrogens is 160 g/mol. The van der Waals surface area contributed by atoms with Gasteiger partial charge in [-0.1, -0.05) is 20.3 Å². The second-order valence-corrected chi connectivity index (χ2v) is 4.45. The van der Waals surface area contributed by atoms with Crippen molar-refractivity contribution in [2.75, 3.05) is 20.6 Å². The zero-order valence-corrected chi connectivity index (χ0v) is 9.51. The van der Waals surface area contributed by atoms with Gasteiger partial charge in [0, 0.05) is 18.6 Å². The van der Waals surface area contributed by atoms with Gasteiger partial charge in [0.15, 0.2) is 0 Å². The maximum atomic E-state index is 3.42. The molecule has 1 saturated carbocycles. The van der Waals surface area contributed by atoms with E-state index in [4.69, 9.17) is 0 Å². The Morgan fingerprint density at radius 2 is 2.08 bits per heavy atom. The molecule has 0 amide bonds. The summed E-state index contributed by atoms with van der Waals surface area (Å²) in [6.07, 6.45) is 4.09. The minimum absolute atomic E-state index is 0.663. The number of likely N-dealkylation sites (N-methyl/N-ethyl adjacent to an activating group) is 2. The van der Waals surface area contributed by atoms with Gasteiger partial charge >= 0.3 is 0 Å². The summed E-state index contributed by atoms with van der Waals surface area (Å²) in [6, 6.07) is 1.55. The highest BCUT2D eigenvalue weighted by Crippen LogP contribution is 2.25. The Morgan fingerprint density at radius 3 is 2.46 bits per heavy atom. The molecule has 1 aliphatic carbocycles. The van der Waals surface area contributed by atoms with Crippen LogP contribution in [0.15, 0.2) is 0 Å². The van der Waals surface area contributed by atoms with Crippen molar-refractivity contribution in [1.29, 1.82) is 0 Å². The maximum Gasteiger partial charge on any atom is 0.0217 e. The fourth-order valence-electron chi connectivity index (χ4n) is 1.81. The lowest BCUT2D eigenvalue weighted by atomic mass is 9.99. The molecular formula is C11H24N2. The molecule has 1 fully saturated rings. The van der Waals surface area contributed by atoms with Gasteiger partial charge in [0.1, 0.15) is 0 Å². The van der Waals surface area contributed by atoms with E-state index < -0.39 is 0 Å². The Hall–Kier alpha value is -0.0800. The second-order valence-electron chi connectivity index (χ2n) is 4.45. The minimum atomic E-state index is 0.663. The standard InChI is InChI=1S/C11H24N2/c1-5-9(2)11(12-3)8-13(4)10-6-7-10/h9-12H,5-8H2,1-4H3. The monoisotopic (exact) mass is 184 g/mol. The van der Waals surface area contributed by atoms with Gasteiger partial charge in [-0.05, 0) is 32.9 Å². The van der Waals surface area contributed by atoms with Crippen molar-refractivity contribution in [2.24, 2.45) is 5.92 Å². The van der Waals surface area contributed by atoms with Crippen LogP contribution in [0.25, 0.3) is 0 Å². The van der Waals surface area contributed by atoms with Gasteiger partial charge in [-0.2, -0.15) is 0 Å². The summed E-state index contributed by atoms with van der Waals surface area (Å²) in [6.45, 7) is 5.81. The van der Waals surface area contributed by atoms with Crippen molar-refractivity contribution in [3.63, 3.8) is 0 Å². The normalized spacial score (nSPS) is 21.9. The molecule has 2 atom stereocenters. The molecule has 2 heteroatoms. The molecule has 2 nitrogen and oxygen atoms in total. The lowest BCUT2D eigenvalue weighted by Gasteiger charge is -2.27. The lowest BCUT2D eigenvalue weighted by Crippen LogP contribution is -2.42. The predicted octanol–water partition coefficient (Wildman–Crippen LogP) is 1.71. The van der Waals surface area contributed by atoms with E-state index in [2.05, 4.69) is 38.2 Å². The van der Waals surface area contributed by atoms with Crippen LogP contribution in [0.4, 0.5) is 0 Å². The topological polar surface area (TPSA) is 15.3 Å². The van der Waals surface area contributed by atoms with E-state index in [0.29, 0.717) is 6.04 Å². The van der Waals surface area contributed by atoms with Crippen molar-refractivity contribution in [3.8, 4) is 0 Å². The molecule has 0 aromatic rings. The SMILES string of the molecule is CCC(C)C(CN(C)C1CC1)NC. The molecule has 13 heavy (non-hydrogen) atoms. The molecule has 0 aromatic heterocycles. The molecule has 0 saturated heterocycles. The van der Waals surface area contributed by atoms with Crippen LogP contribution in [0.3, 0.4) is 0 Å². The van der Waals surface area contributed by atoms with E-state index >= 15 is 0 Å². The smallest absolute Gasteiger partial charge is 0.0217 e. The van der Waals surface area contributed by atoms with Crippen molar-refractivity contribution in [1.82, 2.24) is 10.2 Å². The van der Waals surface area contributed by atoms with Crippen LogP contribution in [-0.4, -0.2) is 37.6 Å². The summed E-state index contributed by atoms with van der Waals surface area (Å²) in [5.41, 5.74) is 0.